The SMILES string of the molecule is C[Si](C)(c1ccc2c(c1)-c1ccccc1-c1ccccc1-c1cccnc1-2)c1cccc2c1Sc1cc(-n3c4ccccc4n4c5ccccc5nc34)ccc1O2. The van der Waals surface area contributed by atoms with E-state index in [0.29, 0.717) is 0 Å². The lowest BCUT2D eigenvalue weighted by Crippen LogP contribution is -2.53. The Kier molecular flexibility index (Phi) is 6.95. The summed E-state index contributed by atoms with van der Waals surface area (Å²) >= 11 is 1.82. The molecular formula is C50H34N4OSSi. The first-order valence-corrected chi connectivity index (χ1v) is 23.1. The van der Waals surface area contributed by atoms with E-state index >= 15 is 0 Å². The van der Waals surface area contributed by atoms with Crippen LogP contribution in [0.2, 0.25) is 13.1 Å². The van der Waals surface area contributed by atoms with Gasteiger partial charge in [-0.25, -0.2) is 4.98 Å². The average molecular weight is 767 g/mol. The highest BCUT2D eigenvalue weighted by atomic mass is 32.2. The zero-order valence-electron chi connectivity index (χ0n) is 31.3. The second-order valence-corrected chi connectivity index (χ2v) is 20.8. The largest absolute Gasteiger partial charge is 0.455 e. The van der Waals surface area contributed by atoms with Crippen molar-refractivity contribution >= 4 is 58.1 Å². The van der Waals surface area contributed by atoms with Gasteiger partial charge in [-0.05, 0) is 87.6 Å². The number of benzene rings is 7. The molecule has 1 aliphatic carbocycles. The van der Waals surface area contributed by atoms with Crippen molar-refractivity contribution in [3.63, 3.8) is 0 Å². The molecule has 0 fully saturated rings. The molecule has 0 atom stereocenters. The second-order valence-electron chi connectivity index (χ2n) is 15.4. The van der Waals surface area contributed by atoms with Gasteiger partial charge in [0.1, 0.15) is 19.6 Å². The average Bonchev–Trinajstić information content (AvgIpc) is 3.79. The molecular weight excluding hydrogens is 733 g/mol. The molecule has 0 bridgehead atoms. The van der Waals surface area contributed by atoms with Gasteiger partial charge in [0.2, 0.25) is 5.78 Å². The summed E-state index contributed by atoms with van der Waals surface area (Å²) in [7, 11) is -2.33. The van der Waals surface area contributed by atoms with Gasteiger partial charge in [0.25, 0.3) is 0 Å². The van der Waals surface area contributed by atoms with Gasteiger partial charge in [-0.3, -0.25) is 14.0 Å². The maximum absolute atomic E-state index is 6.75. The fourth-order valence-electron chi connectivity index (χ4n) is 9.09. The highest BCUT2D eigenvalue weighted by Gasteiger charge is 2.34. The van der Waals surface area contributed by atoms with Gasteiger partial charge in [0, 0.05) is 17.3 Å². The number of nitrogens with zero attached hydrogens (tertiary/aromatic N) is 4. The first-order chi connectivity index (χ1) is 28.0. The van der Waals surface area contributed by atoms with E-state index in [9.17, 15) is 0 Å². The van der Waals surface area contributed by atoms with E-state index in [1.807, 2.05) is 24.0 Å². The van der Waals surface area contributed by atoms with Crippen LogP contribution in [0.25, 0.3) is 78.2 Å². The Morgan fingerprint density at radius 2 is 1.23 bits per heavy atom. The van der Waals surface area contributed by atoms with E-state index in [1.54, 1.807) is 0 Å². The van der Waals surface area contributed by atoms with Crippen LogP contribution in [0.3, 0.4) is 0 Å². The minimum absolute atomic E-state index is 0.873. The van der Waals surface area contributed by atoms with E-state index in [1.165, 1.54) is 43.1 Å². The Morgan fingerprint density at radius 1 is 0.544 bits per heavy atom. The summed E-state index contributed by atoms with van der Waals surface area (Å²) in [4.78, 5) is 12.4. The molecule has 57 heavy (non-hydrogen) atoms. The molecule has 1 aliphatic heterocycles. The second kappa shape index (κ2) is 12.2. The molecule has 3 aromatic heterocycles. The predicted octanol–water partition coefficient (Wildman–Crippen LogP) is 11.9. The van der Waals surface area contributed by atoms with Crippen LogP contribution < -0.4 is 15.1 Å². The number of hydrogen-bond acceptors (Lipinski definition) is 4. The summed E-state index contributed by atoms with van der Waals surface area (Å²) in [5.74, 6) is 2.69. The Morgan fingerprint density at radius 3 is 2.04 bits per heavy atom. The lowest BCUT2D eigenvalue weighted by molar-refractivity contribution is 0.455. The molecule has 0 unspecified atom stereocenters. The van der Waals surface area contributed by atoms with E-state index in [-0.39, 0.29) is 0 Å². The van der Waals surface area contributed by atoms with Crippen LogP contribution in [0, 0.1) is 0 Å². The molecule has 270 valence electrons. The number of hydrogen-bond donors (Lipinski definition) is 0. The number of aromatic nitrogens is 4. The third kappa shape index (κ3) is 4.76. The van der Waals surface area contributed by atoms with Crippen LogP contribution >= 0.6 is 11.8 Å². The summed E-state index contributed by atoms with van der Waals surface area (Å²) in [5.41, 5.74) is 14.9. The van der Waals surface area contributed by atoms with Gasteiger partial charge in [0.15, 0.2) is 0 Å². The van der Waals surface area contributed by atoms with Crippen LogP contribution in [-0.2, 0) is 0 Å². The van der Waals surface area contributed by atoms with E-state index < -0.39 is 8.07 Å². The first kappa shape index (κ1) is 32.6. The summed E-state index contributed by atoms with van der Waals surface area (Å²) in [6.07, 6.45) is 1.92. The third-order valence-corrected chi connectivity index (χ3v) is 16.8. The van der Waals surface area contributed by atoms with Gasteiger partial charge in [-0.1, -0.05) is 139 Å². The summed E-state index contributed by atoms with van der Waals surface area (Å²) in [5, 5.41) is 2.72. The molecule has 10 aromatic rings. The number of ether oxygens (including phenoxy) is 1. The highest BCUT2D eigenvalue weighted by Crippen LogP contribution is 2.49. The lowest BCUT2D eigenvalue weighted by Gasteiger charge is -2.31. The summed E-state index contributed by atoms with van der Waals surface area (Å²) in [6.45, 7) is 4.94. The van der Waals surface area contributed by atoms with Crippen molar-refractivity contribution in [2.45, 2.75) is 22.9 Å². The molecule has 0 spiro atoms. The number of fused-ring (bicyclic) bond motifs is 15. The van der Waals surface area contributed by atoms with Crippen LogP contribution in [0.1, 0.15) is 0 Å². The molecule has 0 amide bonds. The molecule has 4 heterocycles. The number of pyridine rings is 1. The topological polar surface area (TPSA) is 44.4 Å². The molecule has 0 saturated carbocycles. The zero-order chi connectivity index (χ0) is 37.8. The number of para-hydroxylation sites is 4. The molecule has 7 heteroatoms. The minimum atomic E-state index is -2.33. The third-order valence-electron chi connectivity index (χ3n) is 11.9. The molecule has 7 aromatic carbocycles. The van der Waals surface area contributed by atoms with Crippen molar-refractivity contribution < 1.29 is 4.74 Å². The van der Waals surface area contributed by atoms with Crippen molar-refractivity contribution in [2.75, 3.05) is 0 Å². The summed E-state index contributed by atoms with van der Waals surface area (Å²) in [6, 6.07) is 59.0. The van der Waals surface area contributed by atoms with Gasteiger partial charge >= 0.3 is 0 Å². The minimum Gasteiger partial charge on any atom is -0.455 e. The monoisotopic (exact) mass is 766 g/mol. The van der Waals surface area contributed by atoms with E-state index in [4.69, 9.17) is 14.7 Å². The van der Waals surface area contributed by atoms with Crippen molar-refractivity contribution in [3.05, 3.63) is 170 Å². The summed E-state index contributed by atoms with van der Waals surface area (Å²) < 4.78 is 11.3. The van der Waals surface area contributed by atoms with Crippen molar-refractivity contribution in [3.8, 4) is 61.8 Å². The van der Waals surface area contributed by atoms with E-state index in [2.05, 4.69) is 180 Å². The van der Waals surface area contributed by atoms with E-state index in [0.717, 1.165) is 66.7 Å². The number of rotatable bonds is 3. The molecule has 0 saturated heterocycles. The Hall–Kier alpha value is -6.67. The predicted molar refractivity (Wildman–Crippen MR) is 236 cm³/mol. The smallest absolute Gasteiger partial charge is 0.220 e. The Labute approximate surface area is 334 Å². The molecule has 0 N–H and O–H groups in total. The maximum Gasteiger partial charge on any atom is 0.220 e. The zero-order valence-corrected chi connectivity index (χ0v) is 33.1. The quantitative estimate of drug-likeness (QED) is 0.168. The van der Waals surface area contributed by atoms with Crippen LogP contribution in [0.15, 0.2) is 180 Å². The fraction of sp³-hybridized carbons (Fsp3) is 0.0400. The molecule has 2 aliphatic rings. The molecule has 5 nitrogen and oxygen atoms in total. The van der Waals surface area contributed by atoms with Crippen LogP contribution in [-0.4, -0.2) is 27.0 Å². The lowest BCUT2D eigenvalue weighted by atomic mass is 9.83. The normalized spacial score (nSPS) is 12.8. The van der Waals surface area contributed by atoms with Gasteiger partial charge in [-0.2, -0.15) is 0 Å². The van der Waals surface area contributed by atoms with Crippen molar-refractivity contribution in [1.29, 1.82) is 0 Å². The maximum atomic E-state index is 6.75. The molecule has 12 rings (SSSR count). The van der Waals surface area contributed by atoms with Crippen LogP contribution in [0.4, 0.5) is 0 Å². The number of imidazole rings is 2. The van der Waals surface area contributed by atoms with Crippen LogP contribution in [0.5, 0.6) is 11.5 Å². The Bertz CT molecular complexity index is 3300. The van der Waals surface area contributed by atoms with Gasteiger partial charge in [-0.15, -0.1) is 0 Å². The highest BCUT2D eigenvalue weighted by molar-refractivity contribution is 8.00. The molecule has 0 radical (unpaired) electrons. The van der Waals surface area contributed by atoms with Gasteiger partial charge < -0.3 is 4.74 Å². The van der Waals surface area contributed by atoms with Gasteiger partial charge in [0.05, 0.1) is 43.2 Å². The fourth-order valence-corrected chi connectivity index (χ4v) is 13.5. The standard InChI is InChI=1S/C50H34N4OSSi/c1-57(2,32-25-26-38-39(30-32)36-16-6-4-14-34(36)33-13-3-5-15-35(33)37-17-12-28-51-48(37)38)47-23-11-22-45-49(47)56-46-29-31(24-27-44(46)55-45)53-42-20-9-10-21-43(42)54-41-19-8-7-18-40(41)52-50(53)54/h3-30H,1-2H3. The van der Waals surface area contributed by atoms with Crippen molar-refractivity contribution in [2.24, 2.45) is 0 Å². The Balaban J connectivity index is 0.986. The van der Waals surface area contributed by atoms with Crippen molar-refractivity contribution in [1.82, 2.24) is 18.9 Å². The first-order valence-electron chi connectivity index (χ1n) is 19.3.